The maximum atomic E-state index is 3.83. The van der Waals surface area contributed by atoms with Gasteiger partial charge in [0, 0.05) is 18.8 Å². The number of hydrogen-bond acceptors (Lipinski definition) is 1. The Balaban J connectivity index is 2.55. The van der Waals surface area contributed by atoms with E-state index in [9.17, 15) is 0 Å². The third kappa shape index (κ3) is 3.57. The van der Waals surface area contributed by atoms with Crippen LogP contribution in [0, 0.1) is 5.92 Å². The van der Waals surface area contributed by atoms with Gasteiger partial charge in [-0.1, -0.05) is 26.0 Å². The second-order valence-electron chi connectivity index (χ2n) is 4.53. The zero-order chi connectivity index (χ0) is 10.4. The van der Waals surface area contributed by atoms with Gasteiger partial charge in [-0.25, -0.2) is 0 Å². The van der Waals surface area contributed by atoms with Gasteiger partial charge in [-0.2, -0.15) is 0 Å². The van der Waals surface area contributed by atoms with E-state index in [1.165, 1.54) is 25.7 Å². The molecule has 80 valence electrons. The molecule has 0 aromatic heterocycles. The number of hydrogen-bond donors (Lipinski definition) is 0. The first-order chi connectivity index (χ1) is 6.74. The highest BCUT2D eigenvalue weighted by molar-refractivity contribution is 5.05. The fraction of sp³-hybridized carbons (Fsp3) is 0.692. The normalized spacial score (nSPS) is 16.6. The van der Waals surface area contributed by atoms with Crippen LogP contribution in [-0.2, 0) is 0 Å². The zero-order valence-corrected chi connectivity index (χ0v) is 9.63. The van der Waals surface area contributed by atoms with Gasteiger partial charge in [0.25, 0.3) is 0 Å². The van der Waals surface area contributed by atoms with Crippen LogP contribution in [0.3, 0.4) is 0 Å². The first-order valence-electron chi connectivity index (χ1n) is 5.79. The lowest BCUT2D eigenvalue weighted by atomic mass is 10.0. The standard InChI is InChI=1S/C13H23N/c1-4-10-14(11-12(2)3)13-8-6-5-7-9-13/h4,8,12H,1,5-7,9-11H2,2-3H3. The molecule has 0 atom stereocenters. The van der Waals surface area contributed by atoms with Crippen molar-refractivity contribution < 1.29 is 0 Å². The van der Waals surface area contributed by atoms with Gasteiger partial charge < -0.3 is 4.90 Å². The molecule has 0 heterocycles. The monoisotopic (exact) mass is 193 g/mol. The summed E-state index contributed by atoms with van der Waals surface area (Å²) in [5.74, 6) is 0.734. The summed E-state index contributed by atoms with van der Waals surface area (Å²) in [5.41, 5.74) is 1.55. The van der Waals surface area contributed by atoms with Crippen LogP contribution < -0.4 is 0 Å². The van der Waals surface area contributed by atoms with Gasteiger partial charge in [0.15, 0.2) is 0 Å². The van der Waals surface area contributed by atoms with E-state index in [1.54, 1.807) is 5.70 Å². The fourth-order valence-corrected chi connectivity index (χ4v) is 2.01. The van der Waals surface area contributed by atoms with Crippen LogP contribution in [-0.4, -0.2) is 18.0 Å². The first-order valence-corrected chi connectivity index (χ1v) is 5.79. The molecule has 0 unspecified atom stereocenters. The Hall–Kier alpha value is -0.720. The van der Waals surface area contributed by atoms with Gasteiger partial charge in [-0.05, 0) is 31.6 Å². The summed E-state index contributed by atoms with van der Waals surface area (Å²) in [6.45, 7) is 10.6. The summed E-state index contributed by atoms with van der Waals surface area (Å²) >= 11 is 0. The molecule has 0 saturated heterocycles. The van der Waals surface area contributed by atoms with Crippen molar-refractivity contribution in [1.29, 1.82) is 0 Å². The predicted octanol–water partition coefficient (Wildman–Crippen LogP) is 3.59. The van der Waals surface area contributed by atoms with Gasteiger partial charge in [0.05, 0.1) is 0 Å². The van der Waals surface area contributed by atoms with E-state index in [2.05, 4.69) is 31.4 Å². The molecule has 0 N–H and O–H groups in total. The molecule has 0 aliphatic heterocycles. The Morgan fingerprint density at radius 3 is 2.79 bits per heavy atom. The van der Waals surface area contributed by atoms with Crippen molar-refractivity contribution in [3.05, 3.63) is 24.4 Å². The highest BCUT2D eigenvalue weighted by Crippen LogP contribution is 2.21. The maximum Gasteiger partial charge on any atom is 0.0353 e. The SMILES string of the molecule is C=CCN(CC(C)C)C1=CCCCC1. The Bertz CT molecular complexity index is 203. The van der Waals surface area contributed by atoms with E-state index in [4.69, 9.17) is 0 Å². The number of rotatable bonds is 5. The van der Waals surface area contributed by atoms with Crippen molar-refractivity contribution in [2.75, 3.05) is 13.1 Å². The van der Waals surface area contributed by atoms with E-state index in [0.29, 0.717) is 0 Å². The molecule has 1 heteroatoms. The van der Waals surface area contributed by atoms with Gasteiger partial charge in [-0.3, -0.25) is 0 Å². The van der Waals surface area contributed by atoms with Crippen LogP contribution in [0.4, 0.5) is 0 Å². The minimum Gasteiger partial charge on any atom is -0.371 e. The van der Waals surface area contributed by atoms with Gasteiger partial charge in [0.1, 0.15) is 0 Å². The Kier molecular flexibility index (Phi) is 4.78. The summed E-state index contributed by atoms with van der Waals surface area (Å²) in [6.07, 6.45) is 9.68. The van der Waals surface area contributed by atoms with E-state index < -0.39 is 0 Å². The largest absolute Gasteiger partial charge is 0.371 e. The summed E-state index contributed by atoms with van der Waals surface area (Å²) < 4.78 is 0. The maximum absolute atomic E-state index is 3.83. The smallest absolute Gasteiger partial charge is 0.0353 e. The molecular weight excluding hydrogens is 170 g/mol. The van der Waals surface area contributed by atoms with Crippen LogP contribution >= 0.6 is 0 Å². The van der Waals surface area contributed by atoms with Crippen LogP contribution in [0.2, 0.25) is 0 Å². The minimum absolute atomic E-state index is 0.734. The Labute approximate surface area is 88.5 Å². The van der Waals surface area contributed by atoms with Gasteiger partial charge in [-0.15, -0.1) is 6.58 Å². The lowest BCUT2D eigenvalue weighted by molar-refractivity contribution is 0.313. The van der Waals surface area contributed by atoms with E-state index >= 15 is 0 Å². The second-order valence-corrected chi connectivity index (χ2v) is 4.53. The predicted molar refractivity (Wildman–Crippen MR) is 63.2 cm³/mol. The molecule has 0 aromatic rings. The molecule has 0 radical (unpaired) electrons. The van der Waals surface area contributed by atoms with E-state index in [1.807, 2.05) is 6.08 Å². The molecule has 0 fully saturated rings. The molecule has 0 spiro atoms. The summed E-state index contributed by atoms with van der Waals surface area (Å²) in [7, 11) is 0. The average molecular weight is 193 g/mol. The lowest BCUT2D eigenvalue weighted by Gasteiger charge is -2.30. The van der Waals surface area contributed by atoms with Crippen LogP contribution in [0.25, 0.3) is 0 Å². The van der Waals surface area contributed by atoms with Crippen molar-refractivity contribution in [2.24, 2.45) is 5.92 Å². The molecule has 14 heavy (non-hydrogen) atoms. The second kappa shape index (κ2) is 5.90. The summed E-state index contributed by atoms with van der Waals surface area (Å²) in [6, 6.07) is 0. The summed E-state index contributed by atoms with van der Waals surface area (Å²) in [5, 5.41) is 0. The fourth-order valence-electron chi connectivity index (χ4n) is 2.01. The molecular formula is C13H23N. The quantitative estimate of drug-likeness (QED) is 0.603. The average Bonchev–Trinajstić information content (AvgIpc) is 2.18. The highest BCUT2D eigenvalue weighted by atomic mass is 15.1. The number of nitrogens with zero attached hydrogens (tertiary/aromatic N) is 1. The minimum atomic E-state index is 0.734. The molecule has 0 saturated carbocycles. The van der Waals surface area contributed by atoms with Crippen molar-refractivity contribution in [3.63, 3.8) is 0 Å². The highest BCUT2D eigenvalue weighted by Gasteiger charge is 2.11. The van der Waals surface area contributed by atoms with Crippen LogP contribution in [0.5, 0.6) is 0 Å². The summed E-state index contributed by atoms with van der Waals surface area (Å²) in [4.78, 5) is 2.48. The van der Waals surface area contributed by atoms with Crippen molar-refractivity contribution >= 4 is 0 Å². The number of allylic oxidation sites excluding steroid dienone is 2. The van der Waals surface area contributed by atoms with Crippen molar-refractivity contribution in [3.8, 4) is 0 Å². The molecule has 1 nitrogen and oxygen atoms in total. The Morgan fingerprint density at radius 1 is 1.50 bits per heavy atom. The topological polar surface area (TPSA) is 3.24 Å². The third-order valence-electron chi connectivity index (χ3n) is 2.61. The third-order valence-corrected chi connectivity index (χ3v) is 2.61. The Morgan fingerprint density at radius 2 is 2.29 bits per heavy atom. The molecule has 0 bridgehead atoms. The van der Waals surface area contributed by atoms with Crippen LogP contribution in [0.15, 0.2) is 24.4 Å². The van der Waals surface area contributed by atoms with Gasteiger partial charge >= 0.3 is 0 Å². The molecule has 0 aromatic carbocycles. The van der Waals surface area contributed by atoms with Crippen molar-refractivity contribution in [2.45, 2.75) is 39.5 Å². The van der Waals surface area contributed by atoms with E-state index in [-0.39, 0.29) is 0 Å². The lowest BCUT2D eigenvalue weighted by Crippen LogP contribution is -2.28. The van der Waals surface area contributed by atoms with Gasteiger partial charge in [0.2, 0.25) is 0 Å². The molecule has 1 aliphatic carbocycles. The molecule has 0 amide bonds. The first kappa shape index (κ1) is 11.4. The molecule has 1 rings (SSSR count). The van der Waals surface area contributed by atoms with Crippen LogP contribution in [0.1, 0.15) is 39.5 Å². The molecule has 1 aliphatic rings. The van der Waals surface area contributed by atoms with Crippen molar-refractivity contribution in [1.82, 2.24) is 4.90 Å². The zero-order valence-electron chi connectivity index (χ0n) is 9.63. The van der Waals surface area contributed by atoms with E-state index in [0.717, 1.165) is 19.0 Å².